The van der Waals surface area contributed by atoms with Gasteiger partial charge in [0.2, 0.25) is 0 Å². The van der Waals surface area contributed by atoms with E-state index in [1.54, 1.807) is 6.08 Å². The van der Waals surface area contributed by atoms with Crippen molar-refractivity contribution in [2.24, 2.45) is 50.2 Å². The molecule has 0 aromatic carbocycles. The smallest absolute Gasteiger partial charge is 0.312 e. The van der Waals surface area contributed by atoms with Crippen molar-refractivity contribution < 1.29 is 19.4 Å². The Balaban J connectivity index is 1.57. The van der Waals surface area contributed by atoms with Crippen molar-refractivity contribution in [3.8, 4) is 0 Å². The minimum absolute atomic E-state index is 0.0174. The predicted octanol–water partition coefficient (Wildman–Crippen LogP) is 7.06. The van der Waals surface area contributed by atoms with Crippen LogP contribution in [0.3, 0.4) is 0 Å². The Morgan fingerprint density at radius 3 is 2.38 bits per heavy atom. The molecule has 0 aliphatic heterocycles. The largest absolute Gasteiger partial charge is 0.461 e. The van der Waals surface area contributed by atoms with Crippen LogP contribution in [0, 0.1) is 50.2 Å². The minimum Gasteiger partial charge on any atom is -0.461 e. The molecule has 0 spiro atoms. The molecule has 206 valence electrons. The van der Waals surface area contributed by atoms with E-state index in [1.165, 1.54) is 5.57 Å². The molecule has 0 radical (unpaired) electrons. The van der Waals surface area contributed by atoms with Gasteiger partial charge in [0.05, 0.1) is 11.5 Å². The van der Waals surface area contributed by atoms with Gasteiger partial charge >= 0.3 is 5.97 Å². The number of hydrogen-bond acceptors (Lipinski definition) is 4. The van der Waals surface area contributed by atoms with Crippen LogP contribution in [0.5, 0.6) is 0 Å². The Kier molecular flexibility index (Phi) is 6.09. The van der Waals surface area contributed by atoms with Gasteiger partial charge < -0.3 is 9.84 Å². The first-order valence-electron chi connectivity index (χ1n) is 14.8. The standard InChI is InChI=1S/C33H50O4/c1-9-18-37-27(36)30(5)15-14-29(4)16-17-32(7)21(22(29)20-30)19-23(34)26-31(6)12-11-25(35)28(2,3)24(31)10-13-33(26,32)8/h9,19,22,24-26,35H,1,10-18,20H2,2-8H3/t22-,24?,25+,26-,29-,30+,31+,32-,33-/m1/s1. The van der Waals surface area contributed by atoms with E-state index in [0.717, 1.165) is 57.8 Å². The van der Waals surface area contributed by atoms with E-state index in [4.69, 9.17) is 4.74 Å². The highest BCUT2D eigenvalue weighted by atomic mass is 16.5. The van der Waals surface area contributed by atoms with Crippen LogP contribution in [0.1, 0.15) is 106 Å². The summed E-state index contributed by atoms with van der Waals surface area (Å²) in [6, 6.07) is 0. The number of carbonyl (C=O) groups is 2. The number of aliphatic hydroxyl groups is 1. The third-order valence-electron chi connectivity index (χ3n) is 13.4. The molecular weight excluding hydrogens is 460 g/mol. The number of aliphatic hydroxyl groups excluding tert-OH is 1. The quantitative estimate of drug-likeness (QED) is 0.326. The molecule has 1 N–H and O–H groups in total. The molecular formula is C33H50O4. The fourth-order valence-corrected chi connectivity index (χ4v) is 10.7. The van der Waals surface area contributed by atoms with Gasteiger partial charge in [0, 0.05) is 5.92 Å². The molecule has 1 unspecified atom stereocenters. The zero-order valence-corrected chi connectivity index (χ0v) is 24.4. The highest BCUT2D eigenvalue weighted by molar-refractivity contribution is 5.95. The van der Waals surface area contributed by atoms with Crippen molar-refractivity contribution in [1.82, 2.24) is 0 Å². The second-order valence-electron chi connectivity index (χ2n) is 15.5. The average molecular weight is 511 g/mol. The van der Waals surface area contributed by atoms with Crippen LogP contribution < -0.4 is 0 Å². The van der Waals surface area contributed by atoms with Crippen LogP contribution in [-0.2, 0) is 14.3 Å². The summed E-state index contributed by atoms with van der Waals surface area (Å²) >= 11 is 0. The molecule has 4 heteroatoms. The van der Waals surface area contributed by atoms with Crippen LogP contribution in [0.15, 0.2) is 24.3 Å². The Bertz CT molecular complexity index is 1040. The maximum atomic E-state index is 14.4. The number of esters is 1. The second kappa shape index (κ2) is 8.29. The second-order valence-corrected chi connectivity index (χ2v) is 15.5. The molecule has 5 rings (SSSR count). The van der Waals surface area contributed by atoms with Gasteiger partial charge in [-0.25, -0.2) is 0 Å². The molecule has 0 aromatic rings. The molecule has 5 aliphatic rings. The van der Waals surface area contributed by atoms with E-state index in [9.17, 15) is 14.7 Å². The number of fused-ring (bicyclic) bond motifs is 7. The fourth-order valence-electron chi connectivity index (χ4n) is 10.7. The lowest BCUT2D eigenvalue weighted by atomic mass is 9.33. The van der Waals surface area contributed by atoms with Gasteiger partial charge in [-0.15, -0.1) is 0 Å². The van der Waals surface area contributed by atoms with Gasteiger partial charge in [-0.05, 0) is 110 Å². The van der Waals surface area contributed by atoms with Crippen LogP contribution in [0.25, 0.3) is 0 Å². The summed E-state index contributed by atoms with van der Waals surface area (Å²) in [4.78, 5) is 27.5. The van der Waals surface area contributed by atoms with Crippen molar-refractivity contribution >= 4 is 11.8 Å². The molecule has 0 saturated heterocycles. The topological polar surface area (TPSA) is 63.6 Å². The van der Waals surface area contributed by atoms with Crippen LogP contribution >= 0.6 is 0 Å². The van der Waals surface area contributed by atoms with Crippen molar-refractivity contribution in [3.63, 3.8) is 0 Å². The van der Waals surface area contributed by atoms with Gasteiger partial charge in [-0.2, -0.15) is 0 Å². The van der Waals surface area contributed by atoms with Gasteiger partial charge in [0.1, 0.15) is 6.61 Å². The van der Waals surface area contributed by atoms with Crippen LogP contribution in [0.4, 0.5) is 0 Å². The maximum absolute atomic E-state index is 14.4. The first kappa shape index (κ1) is 27.2. The summed E-state index contributed by atoms with van der Waals surface area (Å²) in [7, 11) is 0. The number of ether oxygens (including phenoxy) is 1. The molecule has 4 saturated carbocycles. The Morgan fingerprint density at radius 2 is 1.70 bits per heavy atom. The summed E-state index contributed by atoms with van der Waals surface area (Å²) in [6.45, 7) is 20.1. The SMILES string of the molecule is C=CCOC(=O)[C@@]1(C)CC[C@]2(C)CC[C@]3(C)C(=CC(=O)[C@@H]4[C@@]5(C)CC[C@H](O)C(C)(C)C5CC[C@]43C)[C@H]2C1. The third-order valence-corrected chi connectivity index (χ3v) is 13.4. The lowest BCUT2D eigenvalue weighted by Crippen LogP contribution is -2.66. The zero-order valence-electron chi connectivity index (χ0n) is 24.4. The van der Waals surface area contributed by atoms with Crippen LogP contribution in [0.2, 0.25) is 0 Å². The summed E-state index contributed by atoms with van der Waals surface area (Å²) in [6.07, 6.45) is 12.0. The number of ketones is 1. The van der Waals surface area contributed by atoms with Crippen LogP contribution in [-0.4, -0.2) is 29.6 Å². The zero-order chi connectivity index (χ0) is 27.2. The van der Waals surface area contributed by atoms with Crippen molar-refractivity contribution in [3.05, 3.63) is 24.3 Å². The fraction of sp³-hybridized carbons (Fsp3) is 0.818. The maximum Gasteiger partial charge on any atom is 0.312 e. The number of allylic oxidation sites excluding steroid dienone is 2. The number of rotatable bonds is 3. The van der Waals surface area contributed by atoms with Gasteiger partial charge in [0.25, 0.3) is 0 Å². The summed E-state index contributed by atoms with van der Waals surface area (Å²) < 4.78 is 5.57. The lowest BCUT2D eigenvalue weighted by Gasteiger charge is -2.70. The van der Waals surface area contributed by atoms with E-state index in [1.807, 2.05) is 0 Å². The van der Waals surface area contributed by atoms with E-state index in [2.05, 4.69) is 61.1 Å². The Morgan fingerprint density at radius 1 is 1.03 bits per heavy atom. The summed E-state index contributed by atoms with van der Waals surface area (Å²) in [5.41, 5.74) is 0.453. The van der Waals surface area contributed by atoms with Crippen molar-refractivity contribution in [2.75, 3.05) is 6.61 Å². The molecule has 4 fully saturated rings. The summed E-state index contributed by atoms with van der Waals surface area (Å²) in [5, 5.41) is 10.9. The molecule has 4 nitrogen and oxygen atoms in total. The molecule has 0 heterocycles. The third kappa shape index (κ3) is 3.49. The van der Waals surface area contributed by atoms with E-state index in [0.29, 0.717) is 11.7 Å². The highest BCUT2D eigenvalue weighted by Gasteiger charge is 2.70. The lowest BCUT2D eigenvalue weighted by molar-refractivity contribution is -0.202. The first-order valence-corrected chi connectivity index (χ1v) is 14.8. The van der Waals surface area contributed by atoms with E-state index < -0.39 is 5.41 Å². The highest BCUT2D eigenvalue weighted by Crippen LogP contribution is 2.75. The van der Waals surface area contributed by atoms with E-state index >= 15 is 0 Å². The minimum atomic E-state index is -0.528. The molecule has 9 atom stereocenters. The van der Waals surface area contributed by atoms with Gasteiger partial charge in [-0.3, -0.25) is 9.59 Å². The van der Waals surface area contributed by atoms with Gasteiger partial charge in [0.15, 0.2) is 5.78 Å². The number of carbonyl (C=O) groups excluding carboxylic acids is 2. The predicted molar refractivity (Wildman–Crippen MR) is 147 cm³/mol. The Labute approximate surface area is 224 Å². The molecule has 0 bridgehead atoms. The van der Waals surface area contributed by atoms with Gasteiger partial charge in [-0.1, -0.05) is 59.8 Å². The Hall–Kier alpha value is -1.42. The van der Waals surface area contributed by atoms with Crippen molar-refractivity contribution in [1.29, 1.82) is 0 Å². The first-order chi connectivity index (χ1) is 17.1. The average Bonchev–Trinajstić information content (AvgIpc) is 2.82. The summed E-state index contributed by atoms with van der Waals surface area (Å²) in [5.74, 6) is 0.731. The van der Waals surface area contributed by atoms with E-state index in [-0.39, 0.29) is 57.6 Å². The number of hydrogen-bond donors (Lipinski definition) is 1. The normalized spacial score (nSPS) is 50.5. The molecule has 37 heavy (non-hydrogen) atoms. The monoisotopic (exact) mass is 510 g/mol. The van der Waals surface area contributed by atoms with Crippen molar-refractivity contribution in [2.45, 2.75) is 112 Å². The molecule has 0 aromatic heterocycles. The molecule has 5 aliphatic carbocycles. The molecule has 0 amide bonds.